The number of piperidine rings is 2. The summed E-state index contributed by atoms with van der Waals surface area (Å²) < 4.78 is 0. The van der Waals surface area contributed by atoms with Gasteiger partial charge in [0.15, 0.2) is 0 Å². The molecular formula is C20H32N2O2S. The van der Waals surface area contributed by atoms with Gasteiger partial charge in [-0.1, -0.05) is 13.3 Å². The van der Waals surface area contributed by atoms with Crippen LogP contribution in [0.3, 0.4) is 0 Å². The molecule has 0 unspecified atom stereocenters. The Kier molecular flexibility index (Phi) is 6.53. The van der Waals surface area contributed by atoms with Gasteiger partial charge in [0.1, 0.15) is 0 Å². The summed E-state index contributed by atoms with van der Waals surface area (Å²) in [4.78, 5) is 19.5. The Morgan fingerprint density at radius 2 is 2.08 bits per heavy atom. The summed E-state index contributed by atoms with van der Waals surface area (Å²) in [5, 5.41) is 9.23. The molecule has 4 nitrogen and oxygen atoms in total. The molecule has 1 aromatic heterocycles. The monoisotopic (exact) mass is 364 g/mol. The first-order chi connectivity index (χ1) is 12.1. The minimum absolute atomic E-state index is 0.0707. The highest BCUT2D eigenvalue weighted by molar-refractivity contribution is 7.11. The van der Waals surface area contributed by atoms with Crippen molar-refractivity contribution in [2.24, 2.45) is 5.41 Å². The molecule has 3 heterocycles. The van der Waals surface area contributed by atoms with Crippen LogP contribution < -0.4 is 0 Å². The number of β-amino-alcohol motifs (C(OH)–C–C–N with tert-alkyl or cyclic N) is 1. The zero-order valence-electron chi connectivity index (χ0n) is 15.5. The van der Waals surface area contributed by atoms with Crippen LogP contribution in [0, 0.1) is 5.41 Å². The molecule has 1 amide bonds. The summed E-state index contributed by atoms with van der Waals surface area (Å²) in [6.07, 6.45) is 7.83. The number of amides is 1. The molecule has 0 aromatic carbocycles. The predicted octanol–water partition coefficient (Wildman–Crippen LogP) is 3.29. The molecule has 0 bridgehead atoms. The highest BCUT2D eigenvalue weighted by Gasteiger charge is 2.41. The van der Waals surface area contributed by atoms with Gasteiger partial charge in [-0.3, -0.25) is 9.69 Å². The van der Waals surface area contributed by atoms with Crippen LogP contribution >= 0.6 is 11.3 Å². The number of aliphatic hydroxyl groups excluding tert-OH is 1. The normalized spacial score (nSPS) is 25.0. The van der Waals surface area contributed by atoms with Gasteiger partial charge in [0.05, 0.1) is 6.61 Å². The van der Waals surface area contributed by atoms with Gasteiger partial charge < -0.3 is 10.0 Å². The molecule has 25 heavy (non-hydrogen) atoms. The van der Waals surface area contributed by atoms with Gasteiger partial charge in [0.2, 0.25) is 5.91 Å². The summed E-state index contributed by atoms with van der Waals surface area (Å²) in [6, 6.07) is 4.61. The summed E-state index contributed by atoms with van der Waals surface area (Å²) >= 11 is 1.97. The molecular weight excluding hydrogens is 332 g/mol. The van der Waals surface area contributed by atoms with Gasteiger partial charge in [-0.05, 0) is 50.8 Å². The van der Waals surface area contributed by atoms with Crippen LogP contribution in [0.5, 0.6) is 0 Å². The van der Waals surface area contributed by atoms with E-state index in [0.717, 1.165) is 32.6 Å². The van der Waals surface area contributed by atoms with Crippen LogP contribution in [-0.2, 0) is 17.8 Å². The molecule has 1 atom stereocenters. The topological polar surface area (TPSA) is 43.8 Å². The van der Waals surface area contributed by atoms with Gasteiger partial charge in [-0.25, -0.2) is 0 Å². The number of likely N-dealkylation sites (tertiary alicyclic amines) is 2. The fourth-order valence-corrected chi connectivity index (χ4v) is 5.52. The van der Waals surface area contributed by atoms with E-state index in [1.807, 2.05) is 16.2 Å². The van der Waals surface area contributed by atoms with Crippen molar-refractivity contribution in [3.8, 4) is 0 Å². The zero-order chi connectivity index (χ0) is 17.7. The van der Waals surface area contributed by atoms with Crippen molar-refractivity contribution in [1.82, 2.24) is 9.80 Å². The molecule has 2 fully saturated rings. The molecule has 1 N–H and O–H groups in total. The number of carbonyl (C=O) groups is 1. The lowest BCUT2D eigenvalue weighted by molar-refractivity contribution is -0.140. The van der Waals surface area contributed by atoms with Crippen LogP contribution in [-0.4, -0.2) is 53.6 Å². The van der Waals surface area contributed by atoms with E-state index >= 15 is 0 Å². The quantitative estimate of drug-likeness (QED) is 0.807. The smallest absolute Gasteiger partial charge is 0.222 e. The zero-order valence-corrected chi connectivity index (χ0v) is 16.3. The van der Waals surface area contributed by atoms with Crippen LogP contribution in [0.2, 0.25) is 0 Å². The van der Waals surface area contributed by atoms with Crippen molar-refractivity contribution < 1.29 is 9.90 Å². The summed E-state index contributed by atoms with van der Waals surface area (Å²) in [5.74, 6) is 0.218. The first kappa shape index (κ1) is 18.9. The summed E-state index contributed by atoms with van der Waals surface area (Å²) in [6.45, 7) is 6.94. The van der Waals surface area contributed by atoms with Crippen LogP contribution in [0.25, 0.3) is 0 Å². The Hall–Kier alpha value is -0.910. The first-order valence-corrected chi connectivity index (χ1v) is 10.6. The third kappa shape index (κ3) is 4.83. The first-order valence-electron chi connectivity index (χ1n) is 9.83. The minimum atomic E-state index is 0.0707. The number of aliphatic hydroxyl groups is 1. The molecule has 0 radical (unpaired) electrons. The van der Waals surface area contributed by atoms with Crippen molar-refractivity contribution >= 4 is 17.2 Å². The number of hydrogen-bond donors (Lipinski definition) is 1. The Morgan fingerprint density at radius 3 is 2.88 bits per heavy atom. The summed E-state index contributed by atoms with van der Waals surface area (Å²) in [7, 11) is 0. The Morgan fingerprint density at radius 1 is 1.24 bits per heavy atom. The third-order valence-corrected chi connectivity index (χ3v) is 6.86. The fraction of sp³-hybridized carbons (Fsp3) is 0.750. The average molecular weight is 365 g/mol. The van der Waals surface area contributed by atoms with Gasteiger partial charge in [0.25, 0.3) is 0 Å². The maximum atomic E-state index is 12.1. The largest absolute Gasteiger partial charge is 0.395 e. The Balaban J connectivity index is 1.59. The number of rotatable bonds is 7. The minimum Gasteiger partial charge on any atom is -0.395 e. The lowest BCUT2D eigenvalue weighted by atomic mass is 9.73. The van der Waals surface area contributed by atoms with Crippen molar-refractivity contribution in [2.75, 3.05) is 32.8 Å². The molecule has 2 aliphatic rings. The third-order valence-electron chi connectivity index (χ3n) is 5.73. The molecule has 2 aliphatic heterocycles. The summed E-state index contributed by atoms with van der Waals surface area (Å²) in [5.41, 5.74) is 0.240. The predicted molar refractivity (Wildman–Crippen MR) is 103 cm³/mol. The lowest BCUT2D eigenvalue weighted by Crippen LogP contribution is -2.54. The number of unbranched alkanes of at least 4 members (excludes halogenated alkanes) is 1. The van der Waals surface area contributed by atoms with Gasteiger partial charge in [0, 0.05) is 47.8 Å². The second kappa shape index (κ2) is 8.65. The second-order valence-electron chi connectivity index (χ2n) is 7.82. The van der Waals surface area contributed by atoms with Gasteiger partial charge in [-0.2, -0.15) is 0 Å². The molecule has 3 rings (SSSR count). The Bertz CT molecular complexity index is 574. The van der Waals surface area contributed by atoms with Crippen LogP contribution in [0.15, 0.2) is 12.1 Å². The second-order valence-corrected chi connectivity index (χ2v) is 9.08. The molecule has 1 spiro atoms. The highest BCUT2D eigenvalue weighted by atomic mass is 32.1. The standard InChI is InChI=1S/C20H32N2O2S/c1-2-3-5-17-6-7-18(25-17)14-21-11-4-9-20(15-21)10-8-19(24)22(16-20)12-13-23/h6-7,23H,2-5,8-16H2,1H3/t20-/m0/s1. The molecule has 2 saturated heterocycles. The number of hydrogen-bond acceptors (Lipinski definition) is 4. The number of carbonyl (C=O) groups excluding carboxylic acids is 1. The van der Waals surface area contributed by atoms with E-state index in [0.29, 0.717) is 13.0 Å². The van der Waals surface area contributed by atoms with Crippen LogP contribution in [0.4, 0.5) is 0 Å². The van der Waals surface area contributed by atoms with E-state index in [-0.39, 0.29) is 17.9 Å². The van der Waals surface area contributed by atoms with Gasteiger partial charge in [-0.15, -0.1) is 11.3 Å². The lowest BCUT2D eigenvalue weighted by Gasteiger charge is -2.48. The van der Waals surface area contributed by atoms with Crippen molar-refractivity contribution in [3.05, 3.63) is 21.9 Å². The van der Waals surface area contributed by atoms with E-state index in [1.54, 1.807) is 0 Å². The Labute approximate surface area is 155 Å². The average Bonchev–Trinajstić information content (AvgIpc) is 3.04. The van der Waals surface area contributed by atoms with E-state index in [2.05, 4.69) is 24.0 Å². The van der Waals surface area contributed by atoms with Crippen molar-refractivity contribution in [2.45, 2.75) is 58.4 Å². The van der Waals surface area contributed by atoms with E-state index in [4.69, 9.17) is 0 Å². The SMILES string of the molecule is CCCCc1ccc(CN2CCC[C@]3(CCC(=O)N(CCO)C3)C2)s1. The molecule has 0 saturated carbocycles. The van der Waals surface area contributed by atoms with Crippen LogP contribution in [0.1, 0.15) is 55.2 Å². The van der Waals surface area contributed by atoms with Crippen molar-refractivity contribution in [3.63, 3.8) is 0 Å². The van der Waals surface area contributed by atoms with Crippen molar-refractivity contribution in [1.29, 1.82) is 0 Å². The number of thiophene rings is 1. The highest BCUT2D eigenvalue weighted by Crippen LogP contribution is 2.39. The molecule has 0 aliphatic carbocycles. The molecule has 140 valence electrons. The molecule has 5 heteroatoms. The number of aryl methyl sites for hydroxylation is 1. The maximum Gasteiger partial charge on any atom is 0.222 e. The van der Waals surface area contributed by atoms with E-state index in [1.165, 1.54) is 41.9 Å². The van der Waals surface area contributed by atoms with E-state index < -0.39 is 0 Å². The fourth-order valence-electron chi connectivity index (χ4n) is 4.42. The van der Waals surface area contributed by atoms with Gasteiger partial charge >= 0.3 is 0 Å². The molecule has 1 aromatic rings. The maximum absolute atomic E-state index is 12.1. The number of nitrogens with zero attached hydrogens (tertiary/aromatic N) is 2. The van der Waals surface area contributed by atoms with E-state index in [9.17, 15) is 9.90 Å².